The molecule has 0 bridgehead atoms. The molecule has 324 valence electrons. The number of benzene rings is 5. The molecule has 0 saturated heterocycles. The molecule has 0 saturated carbocycles. The van der Waals surface area contributed by atoms with Crippen LogP contribution in [0.4, 0.5) is 0 Å². The van der Waals surface area contributed by atoms with E-state index >= 15 is 0 Å². The van der Waals surface area contributed by atoms with Gasteiger partial charge in [-0.3, -0.25) is 9.55 Å². The van der Waals surface area contributed by atoms with Gasteiger partial charge in [0.2, 0.25) is 6.71 Å². The van der Waals surface area contributed by atoms with Gasteiger partial charge in [-0.05, 0) is 112 Å². The van der Waals surface area contributed by atoms with Gasteiger partial charge in [-0.2, -0.15) is 0 Å². The molecule has 0 fully saturated rings. The number of para-hydroxylation sites is 1. The third kappa shape index (κ3) is 7.74. The van der Waals surface area contributed by atoms with Gasteiger partial charge < -0.3 is 5.11 Å². The fourth-order valence-electron chi connectivity index (χ4n) is 9.87. The third-order valence-corrected chi connectivity index (χ3v) is 14.3. The van der Waals surface area contributed by atoms with Crippen molar-refractivity contribution in [1.82, 2.24) is 14.5 Å². The van der Waals surface area contributed by atoms with Gasteiger partial charge >= 0.3 is 0 Å². The number of aryl methyl sites for hydroxylation is 3. The summed E-state index contributed by atoms with van der Waals surface area (Å²) in [5, 5.41) is 13.1. The molecule has 5 aromatic carbocycles. The maximum Gasteiger partial charge on any atom is 0.247 e. The minimum Gasteiger partial charge on any atom is -0.507 e. The molecular formula is C56H59BN3OPtS-. The first-order valence-corrected chi connectivity index (χ1v) is 23.2. The van der Waals surface area contributed by atoms with Crippen molar-refractivity contribution >= 4 is 55.6 Å². The van der Waals surface area contributed by atoms with Gasteiger partial charge in [0.1, 0.15) is 11.6 Å². The smallest absolute Gasteiger partial charge is 0.247 e. The number of rotatable bonds is 7. The first-order chi connectivity index (χ1) is 29.3. The predicted molar refractivity (Wildman–Crippen MR) is 266 cm³/mol. The second kappa shape index (κ2) is 16.3. The molecule has 0 aliphatic carbocycles. The second-order valence-corrected chi connectivity index (χ2v) is 21.8. The monoisotopic (exact) mass is 1030 g/mol. The molecule has 9 rings (SSSR count). The first-order valence-electron chi connectivity index (χ1n) is 22.4. The molecule has 0 atom stereocenters. The van der Waals surface area contributed by atoms with Crippen LogP contribution < -0.4 is 16.4 Å². The fraction of sp³-hybridized carbons (Fsp3) is 0.321. The van der Waals surface area contributed by atoms with E-state index in [1.807, 2.05) is 30.5 Å². The summed E-state index contributed by atoms with van der Waals surface area (Å²) in [5.74, 6) is 1.67. The van der Waals surface area contributed by atoms with Gasteiger partial charge in [0.15, 0.2) is 0 Å². The van der Waals surface area contributed by atoms with Gasteiger partial charge in [-0.25, -0.2) is 4.98 Å². The van der Waals surface area contributed by atoms with Crippen LogP contribution in [0.2, 0.25) is 0 Å². The molecule has 63 heavy (non-hydrogen) atoms. The number of fused-ring (bicyclic) bond motifs is 3. The Morgan fingerprint density at radius 3 is 2.13 bits per heavy atom. The predicted octanol–water partition coefficient (Wildman–Crippen LogP) is 13.0. The van der Waals surface area contributed by atoms with E-state index in [4.69, 9.17) is 9.97 Å². The Kier molecular flexibility index (Phi) is 11.6. The SMILES string of the molecule is Cc1cc(C)c(O)c(-c2nc3c(-c4[c-]c(-c5nccc6c(C)c(CC(C)(C)C)sc56)cc(C(C)(C)C)c4)ccc4c3n2-c2ccccc2B4c2c(C(C)C)cccc2C(C)C)c1.[Pt]. The molecule has 0 amide bonds. The van der Waals surface area contributed by atoms with Gasteiger partial charge in [0.05, 0.1) is 16.6 Å². The van der Waals surface area contributed by atoms with Crippen LogP contribution in [-0.4, -0.2) is 26.4 Å². The molecule has 0 radical (unpaired) electrons. The average Bonchev–Trinajstić information content (AvgIpc) is 3.76. The van der Waals surface area contributed by atoms with Crippen LogP contribution in [0.25, 0.3) is 60.6 Å². The molecule has 4 nitrogen and oxygen atoms in total. The maximum absolute atomic E-state index is 11.9. The van der Waals surface area contributed by atoms with E-state index in [1.165, 1.54) is 53.6 Å². The van der Waals surface area contributed by atoms with Crippen molar-refractivity contribution in [2.75, 3.05) is 0 Å². The van der Waals surface area contributed by atoms with Crippen LogP contribution in [0.5, 0.6) is 5.75 Å². The second-order valence-electron chi connectivity index (χ2n) is 20.7. The summed E-state index contributed by atoms with van der Waals surface area (Å²) >= 11 is 1.88. The molecule has 7 heteroatoms. The Bertz CT molecular complexity index is 3060. The number of pyridine rings is 1. The Hall–Kier alpha value is -4.77. The minimum atomic E-state index is -0.146. The van der Waals surface area contributed by atoms with E-state index in [2.05, 4.69) is 173 Å². The van der Waals surface area contributed by atoms with Crippen molar-refractivity contribution in [3.8, 4) is 45.2 Å². The van der Waals surface area contributed by atoms with Crippen LogP contribution in [0.3, 0.4) is 0 Å². The summed E-state index contributed by atoms with van der Waals surface area (Å²) in [5.41, 5.74) is 18.9. The van der Waals surface area contributed by atoms with Gasteiger partial charge in [-0.1, -0.05) is 140 Å². The van der Waals surface area contributed by atoms with E-state index in [9.17, 15) is 5.11 Å². The molecule has 8 aromatic rings. The van der Waals surface area contributed by atoms with Crippen molar-refractivity contribution in [2.45, 2.75) is 114 Å². The maximum atomic E-state index is 11.9. The standard InChI is InChI=1S/C56H59BN3OS.Pt/c1-31(2)39-17-16-18-40(32(3)4)48(39)57-44-19-14-15-20-46(44)60-51-45(57)22-21-42(50(51)59-54(60)43-26-33(5)25-34(6)52(43)61)36-27-37(29-38(28-36)56(11,12)13)49-53-41(23-24-58-49)35(7)47(62-53)30-55(8,9)10;/h14-26,28-29,31-32,61H,30H2,1-13H3;/q-1;. The van der Waals surface area contributed by atoms with Crippen LogP contribution >= 0.6 is 11.3 Å². The summed E-state index contributed by atoms with van der Waals surface area (Å²) in [6, 6.07) is 35.3. The number of phenols is 1. The number of aromatic hydroxyl groups is 1. The van der Waals surface area contributed by atoms with Gasteiger partial charge in [0, 0.05) is 48.2 Å². The molecular weight excluding hydrogens is 969 g/mol. The zero-order chi connectivity index (χ0) is 44.2. The number of imidazole rings is 1. The van der Waals surface area contributed by atoms with E-state index in [0.717, 1.165) is 68.0 Å². The van der Waals surface area contributed by atoms with E-state index in [0.29, 0.717) is 11.8 Å². The summed E-state index contributed by atoms with van der Waals surface area (Å²) in [6.45, 7) is 29.4. The quantitative estimate of drug-likeness (QED) is 0.128. The number of hydrogen-bond acceptors (Lipinski definition) is 4. The zero-order valence-electron chi connectivity index (χ0n) is 39.1. The zero-order valence-corrected chi connectivity index (χ0v) is 42.2. The van der Waals surface area contributed by atoms with E-state index < -0.39 is 0 Å². The molecule has 4 heterocycles. The topological polar surface area (TPSA) is 50.9 Å². The molecule has 0 unspecified atom stereocenters. The summed E-state index contributed by atoms with van der Waals surface area (Å²) < 4.78 is 3.55. The number of nitrogens with zero attached hydrogens (tertiary/aromatic N) is 3. The average molecular weight is 1030 g/mol. The third-order valence-electron chi connectivity index (χ3n) is 13.0. The largest absolute Gasteiger partial charge is 0.507 e. The Balaban J connectivity index is 0.00000544. The summed E-state index contributed by atoms with van der Waals surface area (Å²) in [6.07, 6.45) is 2.99. The normalized spacial score (nSPS) is 12.8. The Morgan fingerprint density at radius 1 is 0.778 bits per heavy atom. The molecule has 3 aromatic heterocycles. The number of thiophene rings is 1. The van der Waals surface area contributed by atoms with Gasteiger partial charge in [-0.15, -0.1) is 40.7 Å². The van der Waals surface area contributed by atoms with E-state index in [-0.39, 0.29) is 44.4 Å². The van der Waals surface area contributed by atoms with E-state index in [1.54, 1.807) is 0 Å². The van der Waals surface area contributed by atoms with Crippen LogP contribution in [0.15, 0.2) is 91.1 Å². The Labute approximate surface area is 393 Å². The van der Waals surface area contributed by atoms with Crippen LogP contribution in [0.1, 0.15) is 119 Å². The molecule has 1 aliphatic rings. The number of aromatic nitrogens is 3. The van der Waals surface area contributed by atoms with Crippen LogP contribution in [0, 0.1) is 32.3 Å². The molecule has 0 spiro atoms. The van der Waals surface area contributed by atoms with Gasteiger partial charge in [0.25, 0.3) is 0 Å². The van der Waals surface area contributed by atoms with Crippen molar-refractivity contribution in [2.24, 2.45) is 5.41 Å². The number of phenolic OH excluding ortho intramolecular Hbond substituents is 1. The Morgan fingerprint density at radius 2 is 1.46 bits per heavy atom. The number of hydrogen-bond donors (Lipinski definition) is 1. The molecule has 1 N–H and O–H groups in total. The van der Waals surface area contributed by atoms with Crippen molar-refractivity contribution in [3.05, 3.63) is 135 Å². The first kappa shape index (κ1) is 44.8. The van der Waals surface area contributed by atoms with Crippen molar-refractivity contribution < 1.29 is 26.2 Å². The molecule has 1 aliphatic heterocycles. The van der Waals surface area contributed by atoms with Crippen LogP contribution in [-0.2, 0) is 32.9 Å². The van der Waals surface area contributed by atoms with Crippen molar-refractivity contribution in [3.63, 3.8) is 0 Å². The summed E-state index contributed by atoms with van der Waals surface area (Å²) in [4.78, 5) is 12.2. The fourth-order valence-corrected chi connectivity index (χ4v) is 11.5. The van der Waals surface area contributed by atoms with Crippen molar-refractivity contribution in [1.29, 1.82) is 0 Å². The summed E-state index contributed by atoms with van der Waals surface area (Å²) in [7, 11) is 0. The minimum absolute atomic E-state index is 0.